The van der Waals surface area contributed by atoms with Gasteiger partial charge in [0.1, 0.15) is 0 Å². The first-order valence-electron chi connectivity index (χ1n) is 8.18. The van der Waals surface area contributed by atoms with Crippen LogP contribution in [0.5, 0.6) is 0 Å². The average molecular weight is 343 g/mol. The number of carbonyl (C=O) groups excluding carboxylic acids is 1. The average Bonchev–Trinajstić information content (AvgIpc) is 2.62. The van der Waals surface area contributed by atoms with Crippen LogP contribution < -0.4 is 0 Å². The minimum atomic E-state index is -3.67. The molecule has 1 saturated heterocycles. The molecule has 3 rings (SSSR count). The summed E-state index contributed by atoms with van der Waals surface area (Å²) in [7, 11) is -3.67. The first-order chi connectivity index (χ1) is 11.5. The van der Waals surface area contributed by atoms with Crippen molar-refractivity contribution < 1.29 is 13.2 Å². The molecule has 1 aliphatic heterocycles. The fourth-order valence-corrected chi connectivity index (χ4v) is 4.75. The maximum Gasteiger partial charge on any atom is 0.243 e. The molecule has 1 unspecified atom stereocenters. The summed E-state index contributed by atoms with van der Waals surface area (Å²) in [6, 6.07) is 15.1. The predicted octanol–water partition coefficient (Wildman–Crippen LogP) is 3.42. The molecule has 1 heterocycles. The van der Waals surface area contributed by atoms with E-state index in [9.17, 15) is 13.2 Å². The zero-order valence-corrected chi connectivity index (χ0v) is 14.5. The van der Waals surface area contributed by atoms with Crippen molar-refractivity contribution in [3.8, 4) is 0 Å². The van der Waals surface area contributed by atoms with E-state index in [1.807, 2.05) is 13.0 Å². The highest BCUT2D eigenvalue weighted by atomic mass is 32.2. The lowest BCUT2D eigenvalue weighted by Crippen LogP contribution is -2.47. The van der Waals surface area contributed by atoms with Crippen LogP contribution in [0.1, 0.15) is 35.2 Å². The van der Waals surface area contributed by atoms with Crippen molar-refractivity contribution in [2.45, 2.75) is 37.1 Å². The van der Waals surface area contributed by atoms with Crippen LogP contribution in [-0.4, -0.2) is 31.1 Å². The fourth-order valence-electron chi connectivity index (χ4n) is 3.10. The zero-order chi connectivity index (χ0) is 17.2. The number of carbonyl (C=O) groups is 1. The van der Waals surface area contributed by atoms with Crippen LogP contribution in [0.2, 0.25) is 0 Å². The second kappa shape index (κ2) is 6.87. The van der Waals surface area contributed by atoms with E-state index in [2.05, 4.69) is 0 Å². The van der Waals surface area contributed by atoms with Gasteiger partial charge in [0.2, 0.25) is 10.0 Å². The second-order valence-electron chi connectivity index (χ2n) is 6.17. The van der Waals surface area contributed by atoms with E-state index < -0.39 is 16.1 Å². The lowest BCUT2D eigenvalue weighted by Gasteiger charge is -2.33. The molecule has 126 valence electrons. The summed E-state index contributed by atoms with van der Waals surface area (Å²) in [5.41, 5.74) is 1.57. The summed E-state index contributed by atoms with van der Waals surface area (Å²) < 4.78 is 27.4. The molecule has 1 atom stereocenters. The standard InChI is InChI=1S/C19H21NO3S/c1-15-10-12-17(13-11-15)24(22,23)20-14-6-5-9-18(20)19(21)16-7-3-2-4-8-16/h2-4,7-8,10-13,18H,5-6,9,14H2,1H3. The van der Waals surface area contributed by atoms with Gasteiger partial charge < -0.3 is 0 Å². The molecule has 0 saturated carbocycles. The van der Waals surface area contributed by atoms with Gasteiger partial charge in [0.15, 0.2) is 5.78 Å². The van der Waals surface area contributed by atoms with Crippen molar-refractivity contribution in [1.82, 2.24) is 4.31 Å². The van der Waals surface area contributed by atoms with Crippen LogP contribution in [0, 0.1) is 6.92 Å². The Kier molecular flexibility index (Phi) is 4.83. The molecule has 5 heteroatoms. The minimum absolute atomic E-state index is 0.119. The molecule has 2 aromatic carbocycles. The molecule has 0 spiro atoms. The third-order valence-electron chi connectivity index (χ3n) is 4.44. The van der Waals surface area contributed by atoms with Crippen molar-refractivity contribution in [3.63, 3.8) is 0 Å². The van der Waals surface area contributed by atoms with E-state index in [1.165, 1.54) is 4.31 Å². The molecule has 0 bridgehead atoms. The van der Waals surface area contributed by atoms with Gasteiger partial charge in [-0.2, -0.15) is 4.31 Å². The summed E-state index contributed by atoms with van der Waals surface area (Å²) in [5.74, 6) is -0.119. The van der Waals surface area contributed by atoms with Gasteiger partial charge in [-0.15, -0.1) is 0 Å². The van der Waals surface area contributed by atoms with Gasteiger partial charge in [-0.3, -0.25) is 4.79 Å². The highest BCUT2D eigenvalue weighted by Gasteiger charge is 2.37. The maximum atomic E-state index is 13.0. The first kappa shape index (κ1) is 16.9. The van der Waals surface area contributed by atoms with Crippen LogP contribution >= 0.6 is 0 Å². The van der Waals surface area contributed by atoms with E-state index in [1.54, 1.807) is 48.5 Å². The smallest absolute Gasteiger partial charge is 0.243 e. The van der Waals surface area contributed by atoms with Gasteiger partial charge in [-0.05, 0) is 31.9 Å². The van der Waals surface area contributed by atoms with Gasteiger partial charge in [0, 0.05) is 12.1 Å². The molecule has 0 aliphatic carbocycles. The number of Topliss-reactive ketones (excluding diaryl/α,β-unsaturated/α-hetero) is 1. The van der Waals surface area contributed by atoms with Gasteiger partial charge in [-0.25, -0.2) is 8.42 Å². The molecule has 0 aromatic heterocycles. The number of hydrogen-bond donors (Lipinski definition) is 0. The Morgan fingerprint density at radius 3 is 2.33 bits per heavy atom. The number of piperidine rings is 1. The summed E-state index contributed by atoms with van der Waals surface area (Å²) in [5, 5.41) is 0. The Morgan fingerprint density at radius 1 is 1.00 bits per heavy atom. The Bertz CT molecular complexity index is 813. The molecule has 0 amide bonds. The van der Waals surface area contributed by atoms with E-state index in [0.29, 0.717) is 18.5 Å². The predicted molar refractivity (Wildman–Crippen MR) is 93.5 cm³/mol. The van der Waals surface area contributed by atoms with Crippen molar-refractivity contribution in [2.75, 3.05) is 6.54 Å². The summed E-state index contributed by atoms with van der Waals surface area (Å²) in [6.07, 6.45) is 2.21. The first-order valence-corrected chi connectivity index (χ1v) is 9.62. The number of sulfonamides is 1. The van der Waals surface area contributed by atoms with Crippen LogP contribution in [0.15, 0.2) is 59.5 Å². The van der Waals surface area contributed by atoms with Gasteiger partial charge in [0.05, 0.1) is 10.9 Å². The van der Waals surface area contributed by atoms with Crippen LogP contribution in [-0.2, 0) is 10.0 Å². The number of ketones is 1. The van der Waals surface area contributed by atoms with Gasteiger partial charge >= 0.3 is 0 Å². The highest BCUT2D eigenvalue weighted by Crippen LogP contribution is 2.27. The lowest BCUT2D eigenvalue weighted by molar-refractivity contribution is 0.0861. The number of benzene rings is 2. The Balaban J connectivity index is 1.95. The van der Waals surface area contributed by atoms with E-state index >= 15 is 0 Å². The molecule has 4 nitrogen and oxygen atoms in total. The SMILES string of the molecule is Cc1ccc(S(=O)(=O)N2CCCCC2C(=O)c2ccccc2)cc1. The van der Waals surface area contributed by atoms with Crippen molar-refractivity contribution >= 4 is 15.8 Å². The van der Waals surface area contributed by atoms with Crippen LogP contribution in [0.3, 0.4) is 0 Å². The van der Waals surface area contributed by atoms with Crippen molar-refractivity contribution in [1.29, 1.82) is 0 Å². The molecule has 2 aromatic rings. The molecular weight excluding hydrogens is 322 g/mol. The lowest BCUT2D eigenvalue weighted by atomic mass is 9.96. The maximum absolute atomic E-state index is 13.0. The van der Waals surface area contributed by atoms with Crippen molar-refractivity contribution in [3.05, 3.63) is 65.7 Å². The third-order valence-corrected chi connectivity index (χ3v) is 6.36. The summed E-state index contributed by atoms with van der Waals surface area (Å²) in [4.78, 5) is 13.1. The van der Waals surface area contributed by atoms with E-state index in [-0.39, 0.29) is 10.7 Å². The largest absolute Gasteiger partial charge is 0.292 e. The Morgan fingerprint density at radius 2 is 1.67 bits per heavy atom. The number of nitrogens with zero attached hydrogens (tertiary/aromatic N) is 1. The van der Waals surface area contributed by atoms with Gasteiger partial charge in [0.25, 0.3) is 0 Å². The van der Waals surface area contributed by atoms with Crippen LogP contribution in [0.25, 0.3) is 0 Å². The highest BCUT2D eigenvalue weighted by molar-refractivity contribution is 7.89. The topological polar surface area (TPSA) is 54.5 Å². The molecule has 0 N–H and O–H groups in total. The number of hydrogen-bond acceptors (Lipinski definition) is 3. The zero-order valence-electron chi connectivity index (χ0n) is 13.7. The normalized spacial score (nSPS) is 19.1. The van der Waals surface area contributed by atoms with Gasteiger partial charge in [-0.1, -0.05) is 54.4 Å². The molecule has 24 heavy (non-hydrogen) atoms. The summed E-state index contributed by atoms with van der Waals surface area (Å²) >= 11 is 0. The van der Waals surface area contributed by atoms with Crippen LogP contribution in [0.4, 0.5) is 0 Å². The Labute approximate surface area is 143 Å². The monoisotopic (exact) mass is 343 g/mol. The quantitative estimate of drug-likeness (QED) is 0.799. The molecule has 1 aliphatic rings. The molecular formula is C19H21NO3S. The van der Waals surface area contributed by atoms with E-state index in [0.717, 1.165) is 18.4 Å². The molecule has 0 radical (unpaired) electrons. The third kappa shape index (κ3) is 3.28. The second-order valence-corrected chi connectivity index (χ2v) is 8.06. The van der Waals surface area contributed by atoms with Crippen molar-refractivity contribution in [2.24, 2.45) is 0 Å². The van der Waals surface area contributed by atoms with E-state index in [4.69, 9.17) is 0 Å². The fraction of sp³-hybridized carbons (Fsp3) is 0.316. The minimum Gasteiger partial charge on any atom is -0.292 e. The molecule has 1 fully saturated rings. The number of rotatable bonds is 4. The number of aryl methyl sites for hydroxylation is 1. The Hall–Kier alpha value is -1.98. The summed E-state index contributed by atoms with van der Waals surface area (Å²) in [6.45, 7) is 2.30.